The third-order valence-corrected chi connectivity index (χ3v) is 2.29. The molecule has 76 valence electrons. The van der Waals surface area contributed by atoms with E-state index in [1.165, 1.54) is 12.1 Å². The van der Waals surface area contributed by atoms with Crippen LogP contribution < -0.4 is 5.32 Å². The summed E-state index contributed by atoms with van der Waals surface area (Å²) in [4.78, 5) is 11.2. The molecule has 0 aliphatic heterocycles. The van der Waals surface area contributed by atoms with Crippen molar-refractivity contribution in [1.82, 2.24) is 0 Å². The van der Waals surface area contributed by atoms with Crippen LogP contribution in [0.15, 0.2) is 22.7 Å². The standard InChI is InChI=1S/C9H9BrFNOS/c1-5(14)9(13)12-8-4-6(10)2-3-7(8)11/h2-5,14H,1H3,(H,12,13). The summed E-state index contributed by atoms with van der Waals surface area (Å²) < 4.78 is 13.8. The van der Waals surface area contributed by atoms with Crippen LogP contribution >= 0.6 is 28.6 Å². The van der Waals surface area contributed by atoms with E-state index in [9.17, 15) is 9.18 Å². The molecule has 5 heteroatoms. The highest BCUT2D eigenvalue weighted by Crippen LogP contribution is 2.20. The Morgan fingerprint density at radius 3 is 2.86 bits per heavy atom. The van der Waals surface area contributed by atoms with E-state index in [4.69, 9.17) is 0 Å². The van der Waals surface area contributed by atoms with Crippen molar-refractivity contribution in [1.29, 1.82) is 0 Å². The highest BCUT2D eigenvalue weighted by Gasteiger charge is 2.10. The zero-order valence-corrected chi connectivity index (χ0v) is 9.90. The molecule has 0 spiro atoms. The van der Waals surface area contributed by atoms with Crippen molar-refractivity contribution in [3.8, 4) is 0 Å². The van der Waals surface area contributed by atoms with Gasteiger partial charge in [0, 0.05) is 4.47 Å². The monoisotopic (exact) mass is 277 g/mol. The summed E-state index contributed by atoms with van der Waals surface area (Å²) >= 11 is 7.12. The summed E-state index contributed by atoms with van der Waals surface area (Å²) in [6.07, 6.45) is 0. The molecule has 1 rings (SSSR count). The lowest BCUT2D eigenvalue weighted by Crippen LogP contribution is -2.21. The fourth-order valence-electron chi connectivity index (χ4n) is 0.830. The van der Waals surface area contributed by atoms with Crippen LogP contribution in [0.5, 0.6) is 0 Å². The predicted octanol–water partition coefficient (Wildman–Crippen LogP) is 2.85. The van der Waals surface area contributed by atoms with E-state index >= 15 is 0 Å². The minimum Gasteiger partial charge on any atom is -0.323 e. The molecule has 0 aliphatic rings. The first-order valence-corrected chi connectivity index (χ1v) is 5.25. The highest BCUT2D eigenvalue weighted by atomic mass is 79.9. The van der Waals surface area contributed by atoms with E-state index < -0.39 is 11.1 Å². The van der Waals surface area contributed by atoms with Crippen LogP contribution in [-0.4, -0.2) is 11.2 Å². The maximum atomic E-state index is 13.1. The first kappa shape index (κ1) is 11.5. The molecule has 0 saturated heterocycles. The van der Waals surface area contributed by atoms with Crippen molar-refractivity contribution in [2.24, 2.45) is 0 Å². The Hall–Kier alpha value is -0.550. The first-order chi connectivity index (χ1) is 6.50. The van der Waals surface area contributed by atoms with Gasteiger partial charge in [0.25, 0.3) is 0 Å². The number of hydrogen-bond donors (Lipinski definition) is 2. The molecule has 1 aromatic carbocycles. The lowest BCUT2D eigenvalue weighted by molar-refractivity contribution is -0.115. The van der Waals surface area contributed by atoms with E-state index in [1.54, 1.807) is 13.0 Å². The van der Waals surface area contributed by atoms with Crippen molar-refractivity contribution in [2.75, 3.05) is 5.32 Å². The fourth-order valence-corrected chi connectivity index (χ4v) is 1.26. The maximum Gasteiger partial charge on any atom is 0.237 e. The van der Waals surface area contributed by atoms with E-state index in [-0.39, 0.29) is 11.6 Å². The van der Waals surface area contributed by atoms with Crippen molar-refractivity contribution >= 4 is 40.2 Å². The molecular formula is C9H9BrFNOS. The summed E-state index contributed by atoms with van der Waals surface area (Å²) in [6, 6.07) is 4.35. The van der Waals surface area contributed by atoms with Crippen molar-refractivity contribution < 1.29 is 9.18 Å². The third-order valence-electron chi connectivity index (χ3n) is 1.57. The summed E-state index contributed by atoms with van der Waals surface area (Å²) in [5, 5.41) is 1.97. The average molecular weight is 278 g/mol. The molecule has 1 atom stereocenters. The van der Waals surface area contributed by atoms with Crippen LogP contribution in [0.25, 0.3) is 0 Å². The summed E-state index contributed by atoms with van der Waals surface area (Å²) in [5.41, 5.74) is 0.158. The number of anilines is 1. The number of hydrogen-bond acceptors (Lipinski definition) is 2. The highest BCUT2D eigenvalue weighted by molar-refractivity contribution is 9.10. The Balaban J connectivity index is 2.86. The molecule has 0 heterocycles. The van der Waals surface area contributed by atoms with Crippen LogP contribution in [0.1, 0.15) is 6.92 Å². The number of carbonyl (C=O) groups excluding carboxylic acids is 1. The van der Waals surface area contributed by atoms with Crippen LogP contribution in [-0.2, 0) is 4.79 Å². The molecule has 1 amide bonds. The average Bonchev–Trinajstić information content (AvgIpc) is 2.11. The van der Waals surface area contributed by atoms with Gasteiger partial charge in [0.15, 0.2) is 0 Å². The van der Waals surface area contributed by atoms with E-state index in [0.717, 1.165) is 0 Å². The Morgan fingerprint density at radius 1 is 1.64 bits per heavy atom. The van der Waals surface area contributed by atoms with Crippen molar-refractivity contribution in [3.63, 3.8) is 0 Å². The van der Waals surface area contributed by atoms with E-state index in [0.29, 0.717) is 4.47 Å². The third kappa shape index (κ3) is 2.99. The minimum atomic E-state index is -0.464. The van der Waals surface area contributed by atoms with Gasteiger partial charge in [-0.25, -0.2) is 4.39 Å². The van der Waals surface area contributed by atoms with Crippen LogP contribution in [0.3, 0.4) is 0 Å². The lowest BCUT2D eigenvalue weighted by atomic mass is 10.3. The van der Waals surface area contributed by atoms with Crippen molar-refractivity contribution in [3.05, 3.63) is 28.5 Å². The number of amides is 1. The number of benzene rings is 1. The van der Waals surface area contributed by atoms with Gasteiger partial charge in [0.1, 0.15) is 5.82 Å². The fraction of sp³-hybridized carbons (Fsp3) is 0.222. The van der Waals surface area contributed by atoms with Crippen molar-refractivity contribution in [2.45, 2.75) is 12.2 Å². The molecule has 0 bridgehead atoms. The normalized spacial score (nSPS) is 12.3. The molecule has 1 N–H and O–H groups in total. The van der Waals surface area contributed by atoms with Gasteiger partial charge in [0.05, 0.1) is 10.9 Å². The molecule has 0 saturated carbocycles. The Kier molecular flexibility index (Phi) is 3.95. The molecule has 0 aromatic heterocycles. The molecular weight excluding hydrogens is 269 g/mol. The zero-order chi connectivity index (χ0) is 10.7. The quantitative estimate of drug-likeness (QED) is 0.800. The van der Waals surface area contributed by atoms with Gasteiger partial charge in [-0.15, -0.1) is 0 Å². The Morgan fingerprint density at radius 2 is 2.29 bits per heavy atom. The molecule has 14 heavy (non-hydrogen) atoms. The second-order valence-electron chi connectivity index (χ2n) is 2.79. The smallest absolute Gasteiger partial charge is 0.237 e. The van der Waals surface area contributed by atoms with Crippen LogP contribution in [0, 0.1) is 5.82 Å². The Bertz CT molecular complexity index is 357. The largest absolute Gasteiger partial charge is 0.323 e. The topological polar surface area (TPSA) is 29.1 Å². The number of halogens is 2. The van der Waals surface area contributed by atoms with Gasteiger partial charge >= 0.3 is 0 Å². The van der Waals surface area contributed by atoms with Gasteiger partial charge in [-0.3, -0.25) is 4.79 Å². The summed E-state index contributed by atoms with van der Waals surface area (Å²) in [6.45, 7) is 1.62. The molecule has 0 radical (unpaired) electrons. The minimum absolute atomic E-state index is 0.158. The summed E-state index contributed by atoms with van der Waals surface area (Å²) in [7, 11) is 0. The molecule has 0 fully saturated rings. The molecule has 0 aliphatic carbocycles. The predicted molar refractivity (Wildman–Crippen MR) is 61.2 cm³/mol. The zero-order valence-electron chi connectivity index (χ0n) is 7.42. The molecule has 1 unspecified atom stereocenters. The number of carbonyl (C=O) groups is 1. The van der Waals surface area contributed by atoms with E-state index in [2.05, 4.69) is 33.9 Å². The van der Waals surface area contributed by atoms with Crippen LogP contribution in [0.4, 0.5) is 10.1 Å². The Labute approximate surface area is 95.4 Å². The van der Waals surface area contributed by atoms with Gasteiger partial charge in [-0.05, 0) is 25.1 Å². The summed E-state index contributed by atoms with van der Waals surface area (Å²) in [5.74, 6) is -0.791. The van der Waals surface area contributed by atoms with Gasteiger partial charge < -0.3 is 5.32 Å². The lowest BCUT2D eigenvalue weighted by Gasteiger charge is -2.08. The molecule has 1 aromatic rings. The van der Waals surface area contributed by atoms with Crippen LogP contribution in [0.2, 0.25) is 0 Å². The first-order valence-electron chi connectivity index (χ1n) is 3.94. The maximum absolute atomic E-state index is 13.1. The van der Waals surface area contributed by atoms with Gasteiger partial charge in [-0.1, -0.05) is 15.9 Å². The van der Waals surface area contributed by atoms with Gasteiger partial charge in [-0.2, -0.15) is 12.6 Å². The van der Waals surface area contributed by atoms with E-state index in [1.807, 2.05) is 0 Å². The SMILES string of the molecule is CC(S)C(=O)Nc1cc(Br)ccc1F. The number of nitrogens with one attached hydrogen (secondary N) is 1. The second-order valence-corrected chi connectivity index (χ2v) is 4.48. The second kappa shape index (κ2) is 4.79. The number of thiol groups is 1. The number of rotatable bonds is 2. The molecule has 2 nitrogen and oxygen atoms in total. The van der Waals surface area contributed by atoms with Gasteiger partial charge in [0.2, 0.25) is 5.91 Å².